The van der Waals surface area contributed by atoms with Gasteiger partial charge in [-0.2, -0.15) is 0 Å². The monoisotopic (exact) mass is 160 g/mol. The highest BCUT2D eigenvalue weighted by Gasteiger charge is 1.84. The lowest BCUT2D eigenvalue weighted by Gasteiger charge is -1.89. The zero-order valence-corrected chi connectivity index (χ0v) is 7.41. The number of aryl methyl sites for hydroxylation is 1. The maximum absolute atomic E-state index is 4.16. The van der Waals surface area contributed by atoms with Gasteiger partial charge in [0.1, 0.15) is 0 Å². The molecule has 1 aromatic rings. The number of aliphatic imine (C=N–C) groups is 1. The molecule has 0 aromatic carbocycles. The predicted octanol–water partition coefficient (Wildman–Crippen LogP) is 0.281. The average Bonchev–Trinajstić information content (AvgIpc) is 2.03. The van der Waals surface area contributed by atoms with Gasteiger partial charge in [0.2, 0.25) is 0 Å². The van der Waals surface area contributed by atoms with Gasteiger partial charge in [0.25, 0.3) is 0 Å². The Balaban J connectivity index is 3.28. The van der Waals surface area contributed by atoms with E-state index in [0.29, 0.717) is 0 Å². The molecule has 12 heavy (non-hydrogen) atoms. The van der Waals surface area contributed by atoms with Crippen LogP contribution in [0.4, 0.5) is 0 Å². The fraction of sp³-hybridized carbons (Fsp3) is 0.200. The van der Waals surface area contributed by atoms with Gasteiger partial charge in [0.15, 0.2) is 0 Å². The molecule has 0 saturated heterocycles. The molecule has 0 radical (unpaired) electrons. The Morgan fingerprint density at radius 1 is 1.58 bits per heavy atom. The third-order valence-electron chi connectivity index (χ3n) is 1.56. The van der Waals surface area contributed by atoms with Crippen LogP contribution in [0.2, 0.25) is 0 Å². The number of aromatic nitrogens is 1. The van der Waals surface area contributed by atoms with Gasteiger partial charge < -0.3 is 0 Å². The Bertz CT molecular complexity index is 391. The summed E-state index contributed by atoms with van der Waals surface area (Å²) in [5, 5.41) is 2.01. The van der Waals surface area contributed by atoms with Gasteiger partial charge in [-0.05, 0) is 24.3 Å². The van der Waals surface area contributed by atoms with Crippen molar-refractivity contribution in [2.24, 2.45) is 4.99 Å². The minimum absolute atomic E-state index is 0.988. The van der Waals surface area contributed by atoms with Crippen LogP contribution in [0.15, 0.2) is 17.3 Å². The van der Waals surface area contributed by atoms with E-state index in [1.165, 1.54) is 0 Å². The number of hydrogen-bond donors (Lipinski definition) is 0. The van der Waals surface area contributed by atoms with Crippen LogP contribution >= 0.6 is 0 Å². The van der Waals surface area contributed by atoms with Crippen LogP contribution in [0.3, 0.4) is 0 Å². The van der Waals surface area contributed by atoms with Crippen LogP contribution in [0, 0.1) is 6.92 Å². The summed E-state index contributed by atoms with van der Waals surface area (Å²) in [5.74, 6) is 0. The average molecular weight is 160 g/mol. The molecule has 0 amide bonds. The molecule has 1 heterocycles. The van der Waals surface area contributed by atoms with Crippen molar-refractivity contribution in [1.82, 2.24) is 4.98 Å². The summed E-state index contributed by atoms with van der Waals surface area (Å²) in [7, 11) is 1.74. The number of rotatable bonds is 1. The first kappa shape index (κ1) is 8.65. The largest absolute Gasteiger partial charge is 0.296 e. The van der Waals surface area contributed by atoms with Crippen molar-refractivity contribution in [1.29, 1.82) is 0 Å². The van der Waals surface area contributed by atoms with Gasteiger partial charge in [-0.3, -0.25) is 9.98 Å². The van der Waals surface area contributed by atoms with Gasteiger partial charge in [-0.1, -0.05) is 6.58 Å². The molecule has 0 unspecified atom stereocenters. The molecule has 2 nitrogen and oxygen atoms in total. The lowest BCUT2D eigenvalue weighted by Crippen LogP contribution is -2.24. The summed E-state index contributed by atoms with van der Waals surface area (Å²) in [6.45, 7) is 5.85. The molecule has 0 N–H and O–H groups in total. The highest BCUT2D eigenvalue weighted by atomic mass is 14.7. The standard InChI is InChI=1S/C10H12N2/c1-8-6-9(2)12-7-10(8)4-5-11-3/h4-7H,1H2,2-3H3/b10-4-,11-5-. The van der Waals surface area contributed by atoms with Crippen LogP contribution in [0.25, 0.3) is 12.7 Å². The van der Waals surface area contributed by atoms with Gasteiger partial charge in [-0.25, -0.2) is 0 Å². The lowest BCUT2D eigenvalue weighted by atomic mass is 10.3. The number of nitrogens with zero attached hydrogens (tertiary/aromatic N) is 2. The zero-order chi connectivity index (χ0) is 8.97. The Morgan fingerprint density at radius 2 is 2.33 bits per heavy atom. The number of hydrogen-bond acceptors (Lipinski definition) is 2. The third kappa shape index (κ3) is 2.02. The van der Waals surface area contributed by atoms with Crippen LogP contribution in [-0.4, -0.2) is 18.2 Å². The quantitative estimate of drug-likeness (QED) is 0.542. The van der Waals surface area contributed by atoms with E-state index in [-0.39, 0.29) is 0 Å². The molecular weight excluding hydrogens is 148 g/mol. The molecule has 0 saturated carbocycles. The smallest absolute Gasteiger partial charge is 0.0378 e. The summed E-state index contributed by atoms with van der Waals surface area (Å²) in [6, 6.07) is 1.95. The lowest BCUT2D eigenvalue weighted by molar-refractivity contribution is 1.17. The van der Waals surface area contributed by atoms with Gasteiger partial charge in [0, 0.05) is 30.4 Å². The van der Waals surface area contributed by atoms with E-state index in [9.17, 15) is 0 Å². The Labute approximate surface area is 72.0 Å². The molecule has 1 rings (SSSR count). The van der Waals surface area contributed by atoms with E-state index in [1.807, 2.05) is 19.1 Å². The molecule has 2 heteroatoms. The topological polar surface area (TPSA) is 25.2 Å². The molecule has 0 aliphatic rings. The first-order valence-corrected chi connectivity index (χ1v) is 3.78. The van der Waals surface area contributed by atoms with Gasteiger partial charge in [0.05, 0.1) is 0 Å². The van der Waals surface area contributed by atoms with Crippen molar-refractivity contribution in [3.8, 4) is 0 Å². The van der Waals surface area contributed by atoms with E-state index < -0.39 is 0 Å². The van der Waals surface area contributed by atoms with E-state index in [2.05, 4.69) is 16.6 Å². The SMILES string of the molecule is C=c1cc(C)nc/c1=C/C=N\C. The molecule has 0 spiro atoms. The fourth-order valence-corrected chi connectivity index (χ4v) is 0.932. The second-order valence-electron chi connectivity index (χ2n) is 2.60. The highest BCUT2D eigenvalue weighted by Crippen LogP contribution is 1.77. The summed E-state index contributed by atoms with van der Waals surface area (Å²) in [5.41, 5.74) is 0.991. The third-order valence-corrected chi connectivity index (χ3v) is 1.56. The molecule has 62 valence electrons. The summed E-state index contributed by atoms with van der Waals surface area (Å²) < 4.78 is 0. The van der Waals surface area contributed by atoms with Crippen molar-refractivity contribution in [2.45, 2.75) is 6.92 Å². The molecule has 0 fully saturated rings. The minimum Gasteiger partial charge on any atom is -0.296 e. The molecule has 1 aromatic heterocycles. The highest BCUT2D eigenvalue weighted by molar-refractivity contribution is 5.90. The molecule has 0 aliphatic heterocycles. The fourth-order valence-electron chi connectivity index (χ4n) is 0.932. The van der Waals surface area contributed by atoms with Gasteiger partial charge >= 0.3 is 0 Å². The maximum Gasteiger partial charge on any atom is 0.0378 e. The zero-order valence-electron chi connectivity index (χ0n) is 7.41. The molecular formula is C10H12N2. The number of pyridine rings is 1. The molecule has 0 bridgehead atoms. The van der Waals surface area contributed by atoms with Crippen molar-refractivity contribution >= 4 is 18.9 Å². The van der Waals surface area contributed by atoms with E-state index in [4.69, 9.17) is 0 Å². The van der Waals surface area contributed by atoms with Crippen LogP contribution in [0.1, 0.15) is 5.69 Å². The van der Waals surface area contributed by atoms with Gasteiger partial charge in [-0.15, -0.1) is 0 Å². The Hall–Kier alpha value is -1.44. The van der Waals surface area contributed by atoms with E-state index in [1.54, 1.807) is 19.5 Å². The normalized spacial score (nSPS) is 12.7. The molecule has 0 atom stereocenters. The van der Waals surface area contributed by atoms with E-state index >= 15 is 0 Å². The first-order chi connectivity index (χ1) is 5.74. The summed E-state index contributed by atoms with van der Waals surface area (Å²) >= 11 is 0. The van der Waals surface area contributed by atoms with Crippen molar-refractivity contribution in [2.75, 3.05) is 7.05 Å². The van der Waals surface area contributed by atoms with Crippen LogP contribution < -0.4 is 10.4 Å². The Morgan fingerprint density at radius 3 is 2.92 bits per heavy atom. The second kappa shape index (κ2) is 3.81. The second-order valence-corrected chi connectivity index (χ2v) is 2.60. The summed E-state index contributed by atoms with van der Waals surface area (Å²) in [6.07, 6.45) is 5.44. The summed E-state index contributed by atoms with van der Waals surface area (Å²) in [4.78, 5) is 8.02. The first-order valence-electron chi connectivity index (χ1n) is 3.78. The Kier molecular flexibility index (Phi) is 2.75. The van der Waals surface area contributed by atoms with E-state index in [0.717, 1.165) is 16.1 Å². The van der Waals surface area contributed by atoms with Crippen molar-refractivity contribution < 1.29 is 0 Å². The van der Waals surface area contributed by atoms with Crippen LogP contribution in [-0.2, 0) is 0 Å². The van der Waals surface area contributed by atoms with Crippen molar-refractivity contribution in [3.05, 3.63) is 28.4 Å². The van der Waals surface area contributed by atoms with Crippen LogP contribution in [0.5, 0.6) is 0 Å². The maximum atomic E-state index is 4.16. The molecule has 0 aliphatic carbocycles. The predicted molar refractivity (Wildman–Crippen MR) is 52.6 cm³/mol. The van der Waals surface area contributed by atoms with Crippen molar-refractivity contribution in [3.63, 3.8) is 0 Å². The minimum atomic E-state index is 0.988.